The lowest BCUT2D eigenvalue weighted by atomic mass is 9.84. The summed E-state index contributed by atoms with van der Waals surface area (Å²) in [5.41, 5.74) is -0.148. The number of benzene rings is 1. The third-order valence-corrected chi connectivity index (χ3v) is 16.4. The summed E-state index contributed by atoms with van der Waals surface area (Å²) in [5.74, 6) is 0.437. The van der Waals surface area contributed by atoms with Crippen LogP contribution in [0.15, 0.2) is 29.6 Å². The van der Waals surface area contributed by atoms with Crippen LogP contribution in [-0.4, -0.2) is 149 Å². The first-order valence-corrected chi connectivity index (χ1v) is 31.5. The first-order chi connectivity index (χ1) is 40.9. The molecule has 1 fully saturated rings. The number of hydroxylamine groups is 2. The highest BCUT2D eigenvalue weighted by Gasteiger charge is 2.40. The summed E-state index contributed by atoms with van der Waals surface area (Å²) < 4.78 is 11.5. The zero-order valence-corrected chi connectivity index (χ0v) is 52.8. The predicted octanol–water partition coefficient (Wildman–Crippen LogP) is 7.19. The fourth-order valence-electron chi connectivity index (χ4n) is 9.98. The molecule has 1 unspecified atom stereocenters. The molecule has 23 heteroatoms. The number of rotatable bonds is 37. The Morgan fingerprint density at radius 3 is 2.16 bits per heavy atom. The number of Topliss-reactive ketones (excluding diaryl/α,β-unsaturated/α-hetero) is 2. The normalized spacial score (nSPS) is 17.1. The van der Waals surface area contributed by atoms with Crippen molar-refractivity contribution in [1.29, 1.82) is 0 Å². The number of carbonyl (C=O) groups is 10. The number of nitrogens with zero attached hydrogens (tertiary/aromatic N) is 3. The standard InChI is InChI=1S/C63H94N8O14S/c1-10-12-20-33-84-71(61(80)57(42(5)11-2)69-59(79)51-23-18-19-32-70(51)9)52(41(3)4)35-53(85-43(6)72)60-68-50(40-86-60)58(78)67-46(36-63(7,8)62(81)82)34-44-24-26-45(27-25-44)66-55(76)31-29-48(74)37-64-54(75)30-28-47(73)38-65-56(77)39-83-49-21-16-14-13-15-17-22-49/h24-27,40-42,46,49,51-53,57H,10-16,18-21,23,28-39H2,1-9H3,(H,64,75)(H,65,77)(H,66,76)(H,67,78)(H,69,79)(H,81,82)/t42-,46-,49?,51+,52+,53+,57-/m0/s1. The molecule has 1 aromatic carbocycles. The van der Waals surface area contributed by atoms with E-state index in [1.807, 2.05) is 39.6 Å². The molecule has 22 nitrogen and oxygen atoms in total. The summed E-state index contributed by atoms with van der Waals surface area (Å²) in [5, 5.41) is 27.0. The van der Waals surface area contributed by atoms with Gasteiger partial charge in [0.05, 0.1) is 37.2 Å². The van der Waals surface area contributed by atoms with Crippen LogP contribution in [0, 0.1) is 29.1 Å². The van der Waals surface area contributed by atoms with Gasteiger partial charge in [-0.25, -0.2) is 10.0 Å². The summed E-state index contributed by atoms with van der Waals surface area (Å²) >= 11 is 1.09. The van der Waals surface area contributed by atoms with Crippen molar-refractivity contribution in [3.8, 4) is 11.8 Å². The minimum Gasteiger partial charge on any atom is -0.481 e. The number of piperidine rings is 1. The highest BCUT2D eigenvalue weighted by molar-refractivity contribution is 7.09. The average molecular weight is 1220 g/mol. The Hall–Kier alpha value is -6.61. The fourth-order valence-corrected chi connectivity index (χ4v) is 10.8. The van der Waals surface area contributed by atoms with Crippen LogP contribution in [0.4, 0.5) is 5.69 Å². The number of hydrogen-bond acceptors (Lipinski definition) is 16. The van der Waals surface area contributed by atoms with E-state index in [2.05, 4.69) is 50.3 Å². The van der Waals surface area contributed by atoms with Crippen molar-refractivity contribution < 1.29 is 67.4 Å². The van der Waals surface area contributed by atoms with Crippen LogP contribution in [0.1, 0.15) is 198 Å². The smallest absolute Gasteiger partial charge is 0.309 e. The summed E-state index contributed by atoms with van der Waals surface area (Å²) in [7, 11) is 1.92. The maximum absolute atomic E-state index is 14.9. The molecule has 1 aliphatic heterocycles. The first kappa shape index (κ1) is 71.9. The van der Waals surface area contributed by atoms with Gasteiger partial charge in [-0.1, -0.05) is 84.8 Å². The van der Waals surface area contributed by atoms with Crippen LogP contribution in [0.5, 0.6) is 0 Å². The lowest BCUT2D eigenvalue weighted by Gasteiger charge is -2.39. The van der Waals surface area contributed by atoms with Crippen LogP contribution in [-0.2, 0) is 63.9 Å². The molecule has 4 rings (SSSR count). The monoisotopic (exact) mass is 1220 g/mol. The predicted molar refractivity (Wildman–Crippen MR) is 325 cm³/mol. The number of likely N-dealkylation sites (tertiary alicyclic amines) is 1. The Kier molecular flexibility index (Phi) is 31.1. The molecule has 1 aliphatic carbocycles. The molecule has 0 spiro atoms. The number of esters is 1. The SMILES string of the molecule is CCCCCON(C(=O)[C@@H](NC(=O)[C@H]1CCCCN1C)[C@@H](C)CC)[C@H](C[C@@H](OC(C)=O)c1nc(C(=O)N[C@@H](Cc2ccc(NC(=O)CCC(=O)CNC(=O)CCC(=O)CNC(=O)COC3C#CCCCCC3)cc2)CC(C)(C)C(=O)O)cs1)C(C)C. The summed E-state index contributed by atoms with van der Waals surface area (Å²) in [6.45, 7) is 14.4. The molecule has 6 N–H and O–H groups in total. The minimum absolute atomic E-state index is 0.0000226. The number of anilines is 1. The Labute approximate surface area is 511 Å². The highest BCUT2D eigenvalue weighted by atomic mass is 32.1. The second kappa shape index (κ2) is 37.2. The molecule has 0 radical (unpaired) electrons. The third kappa shape index (κ3) is 25.4. The van der Waals surface area contributed by atoms with E-state index in [4.69, 9.17) is 14.3 Å². The average Bonchev–Trinajstić information content (AvgIpc) is 2.56. The van der Waals surface area contributed by atoms with Gasteiger partial charge in [-0.15, -0.1) is 17.3 Å². The molecule has 1 saturated heterocycles. The molecular formula is C63H94N8O14S. The number of amides is 6. The number of likely N-dealkylation sites (N-methyl/N-ethyl adjacent to an activating group) is 1. The molecule has 6 amide bonds. The van der Waals surface area contributed by atoms with Gasteiger partial charge in [0.1, 0.15) is 29.5 Å². The highest BCUT2D eigenvalue weighted by Crippen LogP contribution is 2.33. The largest absolute Gasteiger partial charge is 0.481 e. The molecule has 7 atom stereocenters. The Morgan fingerprint density at radius 2 is 1.52 bits per heavy atom. The lowest BCUT2D eigenvalue weighted by molar-refractivity contribution is -0.213. The van der Waals surface area contributed by atoms with E-state index in [-0.39, 0.29) is 118 Å². The maximum atomic E-state index is 14.9. The summed E-state index contributed by atoms with van der Waals surface area (Å²) in [4.78, 5) is 143. The lowest BCUT2D eigenvalue weighted by Crippen LogP contribution is -2.58. The van der Waals surface area contributed by atoms with E-state index in [0.717, 1.165) is 75.7 Å². The van der Waals surface area contributed by atoms with Crippen molar-refractivity contribution in [1.82, 2.24) is 36.2 Å². The topological polar surface area (TPSA) is 298 Å². The van der Waals surface area contributed by atoms with Crippen LogP contribution >= 0.6 is 11.3 Å². The molecule has 1 aromatic heterocycles. The van der Waals surface area contributed by atoms with Gasteiger partial charge >= 0.3 is 11.9 Å². The quantitative estimate of drug-likeness (QED) is 0.0169. The first-order valence-electron chi connectivity index (χ1n) is 30.6. The van der Waals surface area contributed by atoms with Gasteiger partial charge in [-0.05, 0) is 108 Å². The van der Waals surface area contributed by atoms with E-state index < -0.39 is 76.9 Å². The molecule has 2 aromatic rings. The van der Waals surface area contributed by atoms with E-state index in [0.29, 0.717) is 30.5 Å². The summed E-state index contributed by atoms with van der Waals surface area (Å²) in [6.07, 6.45) is 8.51. The van der Waals surface area contributed by atoms with Crippen molar-refractivity contribution in [2.45, 2.75) is 214 Å². The maximum Gasteiger partial charge on any atom is 0.309 e. The zero-order chi connectivity index (χ0) is 63.3. The van der Waals surface area contributed by atoms with E-state index >= 15 is 0 Å². The molecule has 0 saturated carbocycles. The number of aromatic nitrogens is 1. The van der Waals surface area contributed by atoms with Crippen LogP contribution < -0.4 is 26.6 Å². The van der Waals surface area contributed by atoms with Gasteiger partial charge in [0.25, 0.3) is 11.8 Å². The molecule has 476 valence electrons. The van der Waals surface area contributed by atoms with Crippen molar-refractivity contribution >= 4 is 76.0 Å². The van der Waals surface area contributed by atoms with Gasteiger partial charge in [-0.2, -0.15) is 0 Å². The Bertz CT molecular complexity index is 2650. The zero-order valence-electron chi connectivity index (χ0n) is 52.0. The van der Waals surface area contributed by atoms with Crippen LogP contribution in [0.3, 0.4) is 0 Å². The van der Waals surface area contributed by atoms with Crippen LogP contribution in [0.2, 0.25) is 0 Å². The van der Waals surface area contributed by atoms with Crippen LogP contribution in [0.25, 0.3) is 0 Å². The number of aliphatic carboxylic acids is 1. The number of nitrogens with one attached hydrogen (secondary N) is 5. The Morgan fingerprint density at radius 1 is 0.849 bits per heavy atom. The number of ether oxygens (including phenoxy) is 2. The number of carboxylic acids is 1. The fraction of sp³-hybridized carbons (Fsp3) is 0.667. The number of ketones is 2. The number of carbonyl (C=O) groups excluding carboxylic acids is 9. The molecule has 0 bridgehead atoms. The van der Waals surface area contributed by atoms with E-state index in [9.17, 15) is 53.1 Å². The van der Waals surface area contributed by atoms with Gasteiger partial charge in [0.2, 0.25) is 23.6 Å². The van der Waals surface area contributed by atoms with Crippen molar-refractivity contribution in [3.63, 3.8) is 0 Å². The van der Waals surface area contributed by atoms with Gasteiger partial charge in [0, 0.05) is 62.6 Å². The van der Waals surface area contributed by atoms with Crippen molar-refractivity contribution in [2.75, 3.05) is 45.2 Å². The second-order valence-electron chi connectivity index (χ2n) is 23.6. The number of thiazole rings is 1. The van der Waals surface area contributed by atoms with Gasteiger partial charge in [0.15, 0.2) is 17.7 Å². The Balaban J connectivity index is 1.36. The third-order valence-electron chi connectivity index (χ3n) is 15.5. The molecule has 2 heterocycles. The van der Waals surface area contributed by atoms with Crippen molar-refractivity contribution in [2.24, 2.45) is 17.3 Å². The van der Waals surface area contributed by atoms with E-state index in [1.165, 1.54) is 17.4 Å². The van der Waals surface area contributed by atoms with Gasteiger partial charge < -0.3 is 41.2 Å². The molecule has 2 aliphatic rings. The number of unbranched alkanes of at least 4 members (excludes halogenated alkanes) is 2. The second-order valence-corrected chi connectivity index (χ2v) is 24.5. The van der Waals surface area contributed by atoms with Gasteiger partial charge in [-0.3, -0.25) is 57.7 Å². The van der Waals surface area contributed by atoms with Crippen molar-refractivity contribution in [3.05, 3.63) is 45.9 Å². The van der Waals surface area contributed by atoms with E-state index in [1.54, 1.807) is 38.1 Å². The summed E-state index contributed by atoms with van der Waals surface area (Å²) in [6, 6.07) is 4.04. The molecular weight excluding hydrogens is 1120 g/mol. The molecule has 86 heavy (non-hydrogen) atoms. The minimum atomic E-state index is -1.27. The number of hydrogen-bond donors (Lipinski definition) is 6. The number of carboxylic acid groups (broad SMARTS) is 1.